The number of carbonyl (C=O) groups excluding carboxylic acids is 2. The molecule has 0 aliphatic heterocycles. The second kappa shape index (κ2) is 8.68. The molecule has 1 aromatic heterocycles. The van der Waals surface area contributed by atoms with Gasteiger partial charge in [0.1, 0.15) is 0 Å². The normalized spacial score (nSPS) is 14.6. The van der Waals surface area contributed by atoms with Crippen LogP contribution in [0.3, 0.4) is 0 Å². The van der Waals surface area contributed by atoms with E-state index in [0.717, 1.165) is 34.2 Å². The first-order valence-corrected chi connectivity index (χ1v) is 11.2. The fraction of sp³-hybridized carbons (Fsp3) is 0.269. The van der Waals surface area contributed by atoms with Crippen molar-refractivity contribution in [2.24, 2.45) is 5.41 Å². The smallest absolute Gasteiger partial charge is 0.339 e. The predicted octanol–water partition coefficient (Wildman–Crippen LogP) is 6.80. The fourth-order valence-electron chi connectivity index (χ4n) is 3.74. The van der Waals surface area contributed by atoms with Crippen LogP contribution >= 0.6 is 23.2 Å². The zero-order chi connectivity index (χ0) is 23.0. The summed E-state index contributed by atoms with van der Waals surface area (Å²) < 4.78 is 5.46. The molecule has 0 saturated carbocycles. The van der Waals surface area contributed by atoms with Crippen LogP contribution < -0.4 is 0 Å². The number of pyridine rings is 1. The molecule has 1 aliphatic rings. The molecule has 0 unspecified atom stereocenters. The molecular weight excluding hydrogens is 445 g/mol. The molecule has 4 nitrogen and oxygen atoms in total. The van der Waals surface area contributed by atoms with Gasteiger partial charge >= 0.3 is 5.97 Å². The number of nitrogens with zero attached hydrogens (tertiary/aromatic N) is 1. The standard InChI is InChI=1S/C26H23Cl2NO3/c1-26(2,3)22(30)14-32-25(31)23-17-6-4-5-7-21(17)29-24-16(9-10-18(23)24)12-15-8-11-19(27)20(28)13-15/h4-8,11-13H,9-10,14H2,1-3H3. The monoisotopic (exact) mass is 467 g/mol. The molecule has 1 aliphatic carbocycles. The minimum absolute atomic E-state index is 0.124. The number of benzene rings is 2. The summed E-state index contributed by atoms with van der Waals surface area (Å²) in [5.74, 6) is -0.616. The van der Waals surface area contributed by atoms with Gasteiger partial charge in [0.05, 0.1) is 26.8 Å². The Hall–Kier alpha value is -2.69. The number of ether oxygens (including phenoxy) is 1. The number of carbonyl (C=O) groups is 2. The van der Waals surface area contributed by atoms with E-state index in [2.05, 4.69) is 0 Å². The molecule has 0 saturated heterocycles. The van der Waals surface area contributed by atoms with E-state index in [0.29, 0.717) is 27.5 Å². The van der Waals surface area contributed by atoms with Crippen LogP contribution in [0, 0.1) is 5.41 Å². The van der Waals surface area contributed by atoms with E-state index >= 15 is 0 Å². The number of fused-ring (bicyclic) bond motifs is 2. The Bertz CT molecular complexity index is 1270. The Morgan fingerprint density at radius 2 is 1.81 bits per heavy atom. The maximum Gasteiger partial charge on any atom is 0.339 e. The maximum atomic E-state index is 13.1. The van der Waals surface area contributed by atoms with Crippen molar-refractivity contribution in [2.45, 2.75) is 33.6 Å². The van der Waals surface area contributed by atoms with Crippen LogP contribution in [0.25, 0.3) is 22.6 Å². The Kier molecular flexibility index (Phi) is 6.11. The molecule has 0 atom stereocenters. The third kappa shape index (κ3) is 4.43. The Balaban J connectivity index is 1.76. The number of Topliss-reactive ketones (excluding diaryl/α,β-unsaturated/α-hetero) is 1. The van der Waals surface area contributed by atoms with E-state index in [9.17, 15) is 9.59 Å². The SMILES string of the molecule is CC(C)(C)C(=O)COC(=O)c1c2c(nc3ccccc13)C(=Cc1ccc(Cl)c(Cl)c1)CC2. The van der Waals surface area contributed by atoms with Crippen molar-refractivity contribution in [3.63, 3.8) is 0 Å². The van der Waals surface area contributed by atoms with Gasteiger partial charge in [0.2, 0.25) is 0 Å². The van der Waals surface area contributed by atoms with Gasteiger partial charge in [0.25, 0.3) is 0 Å². The number of aromatic nitrogens is 1. The Morgan fingerprint density at radius 1 is 1.06 bits per heavy atom. The Labute approximate surface area is 197 Å². The second-order valence-electron chi connectivity index (χ2n) is 8.92. The van der Waals surface area contributed by atoms with Crippen LogP contribution in [0.5, 0.6) is 0 Å². The summed E-state index contributed by atoms with van der Waals surface area (Å²) in [5, 5.41) is 1.72. The number of hydrogen-bond acceptors (Lipinski definition) is 4. The molecule has 164 valence electrons. The summed E-state index contributed by atoms with van der Waals surface area (Å²) in [6.45, 7) is 5.17. The zero-order valence-corrected chi connectivity index (χ0v) is 19.7. The van der Waals surface area contributed by atoms with Crippen molar-refractivity contribution in [3.05, 3.63) is 74.9 Å². The van der Waals surface area contributed by atoms with Crippen molar-refractivity contribution < 1.29 is 14.3 Å². The highest BCUT2D eigenvalue weighted by molar-refractivity contribution is 6.42. The summed E-state index contributed by atoms with van der Waals surface area (Å²) in [6.07, 6.45) is 3.42. The lowest BCUT2D eigenvalue weighted by Crippen LogP contribution is -2.26. The molecule has 32 heavy (non-hydrogen) atoms. The molecule has 2 aromatic carbocycles. The Morgan fingerprint density at radius 3 is 2.53 bits per heavy atom. The molecule has 0 amide bonds. The molecule has 6 heteroatoms. The summed E-state index contributed by atoms with van der Waals surface area (Å²) >= 11 is 12.2. The lowest BCUT2D eigenvalue weighted by molar-refractivity contribution is -0.129. The number of hydrogen-bond donors (Lipinski definition) is 0. The third-order valence-electron chi connectivity index (χ3n) is 5.60. The largest absolute Gasteiger partial charge is 0.454 e. The number of para-hydroxylation sites is 1. The maximum absolute atomic E-state index is 13.1. The van der Waals surface area contributed by atoms with Crippen LogP contribution in [0.15, 0.2) is 42.5 Å². The van der Waals surface area contributed by atoms with E-state index in [4.69, 9.17) is 32.9 Å². The lowest BCUT2D eigenvalue weighted by atomic mass is 9.91. The third-order valence-corrected chi connectivity index (χ3v) is 6.34. The number of halogens is 2. The highest BCUT2D eigenvalue weighted by Crippen LogP contribution is 2.38. The molecule has 0 spiro atoms. The molecule has 1 heterocycles. The van der Waals surface area contributed by atoms with Gasteiger partial charge in [0, 0.05) is 10.8 Å². The summed E-state index contributed by atoms with van der Waals surface area (Å²) in [6, 6.07) is 13.0. The van der Waals surface area contributed by atoms with Gasteiger partial charge in [-0.25, -0.2) is 9.78 Å². The van der Waals surface area contributed by atoms with Crippen LogP contribution in [0.1, 0.15) is 54.4 Å². The highest BCUT2D eigenvalue weighted by atomic mass is 35.5. The molecule has 0 N–H and O–H groups in total. The van der Waals surface area contributed by atoms with Crippen LogP contribution in [-0.4, -0.2) is 23.3 Å². The molecule has 0 fully saturated rings. The molecular formula is C26H23Cl2NO3. The lowest BCUT2D eigenvalue weighted by Gasteiger charge is -2.17. The van der Waals surface area contributed by atoms with Gasteiger partial charge in [-0.05, 0) is 53.8 Å². The summed E-state index contributed by atoms with van der Waals surface area (Å²) in [4.78, 5) is 30.3. The molecule has 0 radical (unpaired) electrons. The van der Waals surface area contributed by atoms with E-state index in [1.54, 1.807) is 6.07 Å². The van der Waals surface area contributed by atoms with Crippen molar-refractivity contribution in [1.82, 2.24) is 4.98 Å². The highest BCUT2D eigenvalue weighted by Gasteiger charge is 2.29. The summed E-state index contributed by atoms with van der Waals surface area (Å²) in [7, 11) is 0. The topological polar surface area (TPSA) is 56.3 Å². The first-order chi connectivity index (χ1) is 15.1. The minimum Gasteiger partial charge on any atom is -0.454 e. The summed E-state index contributed by atoms with van der Waals surface area (Å²) in [5.41, 5.74) is 4.19. The number of ketones is 1. The van der Waals surface area contributed by atoms with Crippen molar-refractivity contribution in [1.29, 1.82) is 0 Å². The average Bonchev–Trinajstić information content (AvgIpc) is 3.14. The molecule has 3 aromatic rings. The molecule has 4 rings (SSSR count). The molecule has 0 bridgehead atoms. The van der Waals surface area contributed by atoms with Gasteiger partial charge < -0.3 is 4.74 Å². The van der Waals surface area contributed by atoms with Crippen molar-refractivity contribution in [2.75, 3.05) is 6.61 Å². The van der Waals surface area contributed by atoms with E-state index in [-0.39, 0.29) is 12.4 Å². The zero-order valence-electron chi connectivity index (χ0n) is 18.2. The van der Waals surface area contributed by atoms with E-state index < -0.39 is 11.4 Å². The fourth-order valence-corrected chi connectivity index (χ4v) is 4.04. The van der Waals surface area contributed by atoms with E-state index in [1.165, 1.54) is 0 Å². The van der Waals surface area contributed by atoms with E-state index in [1.807, 2.05) is 63.2 Å². The van der Waals surface area contributed by atoms with Crippen LogP contribution in [0.4, 0.5) is 0 Å². The van der Waals surface area contributed by atoms with Gasteiger partial charge in [-0.3, -0.25) is 4.79 Å². The number of esters is 1. The van der Waals surface area contributed by atoms with Gasteiger partial charge in [-0.1, -0.05) is 68.2 Å². The number of allylic oxidation sites excluding steroid dienone is 1. The second-order valence-corrected chi connectivity index (χ2v) is 9.74. The van der Waals surface area contributed by atoms with Gasteiger partial charge in [0.15, 0.2) is 12.4 Å². The minimum atomic E-state index is -0.571. The first kappa shape index (κ1) is 22.5. The van der Waals surface area contributed by atoms with Gasteiger partial charge in [-0.2, -0.15) is 0 Å². The predicted molar refractivity (Wildman–Crippen MR) is 129 cm³/mol. The first-order valence-electron chi connectivity index (χ1n) is 10.4. The van der Waals surface area contributed by atoms with Gasteiger partial charge in [-0.15, -0.1) is 0 Å². The average molecular weight is 468 g/mol. The van der Waals surface area contributed by atoms with Crippen molar-refractivity contribution >= 4 is 57.5 Å². The quantitative estimate of drug-likeness (QED) is 0.395. The van der Waals surface area contributed by atoms with Crippen molar-refractivity contribution in [3.8, 4) is 0 Å². The number of rotatable bonds is 4. The van der Waals surface area contributed by atoms with Crippen LogP contribution in [0.2, 0.25) is 10.0 Å². The van der Waals surface area contributed by atoms with Crippen LogP contribution in [-0.2, 0) is 16.0 Å².